The number of aliphatic carboxylic acids is 1. The van der Waals surface area contributed by atoms with E-state index in [1.165, 1.54) is 6.42 Å². The number of ether oxygens (including phenoxy) is 1. The Balaban J connectivity index is 1.27. The minimum absolute atomic E-state index is 0.418. The predicted molar refractivity (Wildman–Crippen MR) is 85.2 cm³/mol. The van der Waals surface area contributed by atoms with Gasteiger partial charge in [-0.1, -0.05) is 17.4 Å². The van der Waals surface area contributed by atoms with Crippen molar-refractivity contribution in [1.82, 2.24) is 15.0 Å². The van der Waals surface area contributed by atoms with E-state index >= 15 is 0 Å². The topological polar surface area (TPSA) is 77.2 Å². The minimum atomic E-state index is -0.720. The molecule has 2 aliphatic carbocycles. The fourth-order valence-corrected chi connectivity index (χ4v) is 5.16. The maximum atomic E-state index is 11.8. The average Bonchev–Trinajstić information content (AvgIpc) is 2.93. The Hall–Kier alpha value is -1.69. The second-order valence-electron chi connectivity index (χ2n) is 8.11. The zero-order valence-corrected chi connectivity index (χ0v) is 13.7. The van der Waals surface area contributed by atoms with E-state index in [-0.39, 0.29) is 0 Å². The summed E-state index contributed by atoms with van der Waals surface area (Å²) in [7, 11) is 0. The molecule has 6 heteroatoms. The molecule has 3 fully saturated rings. The zero-order valence-electron chi connectivity index (χ0n) is 13.7. The van der Waals surface area contributed by atoms with E-state index in [9.17, 15) is 9.90 Å². The van der Waals surface area contributed by atoms with E-state index < -0.39 is 11.4 Å². The number of carboxylic acid groups (broad SMARTS) is 1. The summed E-state index contributed by atoms with van der Waals surface area (Å²) in [5.74, 6) is 1.45. The van der Waals surface area contributed by atoms with Crippen molar-refractivity contribution >= 4 is 5.97 Å². The van der Waals surface area contributed by atoms with Gasteiger partial charge >= 0.3 is 5.97 Å². The summed E-state index contributed by atoms with van der Waals surface area (Å²) in [6.45, 7) is 0.845. The monoisotopic (exact) mass is 329 g/mol. The highest BCUT2D eigenvalue weighted by Gasteiger charge is 2.62. The molecule has 0 spiro atoms. The molecule has 0 radical (unpaired) electrons. The molecule has 1 unspecified atom stereocenters. The van der Waals surface area contributed by atoms with Crippen LogP contribution in [0.2, 0.25) is 0 Å². The summed E-state index contributed by atoms with van der Waals surface area (Å²) in [6.07, 6.45) is 11.9. The molecule has 2 saturated heterocycles. The molecule has 1 aromatic rings. The summed E-state index contributed by atoms with van der Waals surface area (Å²) >= 11 is 0. The molecule has 128 valence electrons. The lowest BCUT2D eigenvalue weighted by Crippen LogP contribution is -2.34. The summed E-state index contributed by atoms with van der Waals surface area (Å²) in [5, 5.41) is 18.2. The van der Waals surface area contributed by atoms with Crippen LogP contribution in [0.15, 0.2) is 18.3 Å². The van der Waals surface area contributed by atoms with Gasteiger partial charge in [-0.25, -0.2) is 0 Å². The number of hydrogen-bond donors (Lipinski definition) is 1. The molecule has 2 bridgehead atoms. The van der Waals surface area contributed by atoms with Crippen LogP contribution >= 0.6 is 0 Å². The second-order valence-corrected chi connectivity index (χ2v) is 8.11. The number of aromatic nitrogens is 3. The SMILES string of the molecule is O=C(O)C1(Cc2cn(C[C@@H]3C[C@@H]4O[C@H]3[C@H]3C[C@H]34)nn2)CC=CCC1. The van der Waals surface area contributed by atoms with Crippen LogP contribution in [0.3, 0.4) is 0 Å². The van der Waals surface area contributed by atoms with Crippen LogP contribution in [0.4, 0.5) is 0 Å². The van der Waals surface area contributed by atoms with Crippen LogP contribution < -0.4 is 0 Å². The third-order valence-corrected chi connectivity index (χ3v) is 6.57. The third-order valence-electron chi connectivity index (χ3n) is 6.57. The number of carbonyl (C=O) groups is 1. The highest BCUT2D eigenvalue weighted by Crippen LogP contribution is 2.60. The third kappa shape index (κ3) is 2.23. The van der Waals surface area contributed by atoms with Crippen LogP contribution in [-0.4, -0.2) is 38.3 Å². The predicted octanol–water partition coefficient (Wildman–Crippen LogP) is 2.06. The normalized spacial score (nSPS) is 42.2. The van der Waals surface area contributed by atoms with E-state index in [0.29, 0.717) is 37.4 Å². The molecular formula is C18H23N3O3. The molecule has 3 heterocycles. The number of allylic oxidation sites excluding steroid dienone is 2. The Morgan fingerprint density at radius 1 is 1.38 bits per heavy atom. The molecule has 4 aliphatic rings. The zero-order chi connectivity index (χ0) is 16.3. The molecule has 6 nitrogen and oxygen atoms in total. The van der Waals surface area contributed by atoms with Crippen molar-refractivity contribution < 1.29 is 14.6 Å². The molecular weight excluding hydrogens is 306 g/mol. The Labute approximate surface area is 140 Å². The first-order valence-corrected chi connectivity index (χ1v) is 9.07. The largest absolute Gasteiger partial charge is 0.481 e. The second kappa shape index (κ2) is 5.15. The number of fused-ring (bicyclic) bond motifs is 5. The fraction of sp³-hybridized carbons (Fsp3) is 0.722. The van der Waals surface area contributed by atoms with Gasteiger partial charge in [0.2, 0.25) is 0 Å². The molecule has 1 saturated carbocycles. The Kier molecular flexibility index (Phi) is 3.14. The maximum Gasteiger partial charge on any atom is 0.310 e. The maximum absolute atomic E-state index is 11.8. The van der Waals surface area contributed by atoms with Crippen LogP contribution in [0.1, 0.15) is 37.8 Å². The van der Waals surface area contributed by atoms with Gasteiger partial charge in [0, 0.05) is 25.1 Å². The van der Waals surface area contributed by atoms with Gasteiger partial charge in [0.1, 0.15) is 0 Å². The summed E-state index contributed by atoms with van der Waals surface area (Å²) in [5.41, 5.74) is 0.0768. The smallest absolute Gasteiger partial charge is 0.310 e. The van der Waals surface area contributed by atoms with Crippen molar-refractivity contribution in [1.29, 1.82) is 0 Å². The summed E-state index contributed by atoms with van der Waals surface area (Å²) in [4.78, 5) is 11.8. The van der Waals surface area contributed by atoms with Gasteiger partial charge in [-0.05, 0) is 43.9 Å². The Morgan fingerprint density at radius 2 is 2.29 bits per heavy atom. The number of nitrogens with zero attached hydrogens (tertiary/aromatic N) is 3. The standard InChI is InChI=1S/C18H23N3O3/c22-17(23)18(4-2-1-3-5-18)8-12-10-21(20-19-12)9-11-6-15-13-7-14(13)16(11)24-15/h1-2,10-11,13-16H,3-9H2,(H,22,23)/t11-,13+,14-,15-,16+,18?/m0/s1. The number of carboxylic acids is 1. The first-order chi connectivity index (χ1) is 11.6. The molecule has 0 amide bonds. The highest BCUT2D eigenvalue weighted by molar-refractivity contribution is 5.75. The van der Waals surface area contributed by atoms with Crippen LogP contribution in [-0.2, 0) is 22.5 Å². The lowest BCUT2D eigenvalue weighted by atomic mass is 9.74. The van der Waals surface area contributed by atoms with Gasteiger partial charge in [0.05, 0.1) is 23.3 Å². The lowest BCUT2D eigenvalue weighted by molar-refractivity contribution is -0.149. The van der Waals surface area contributed by atoms with Crippen molar-refractivity contribution in [2.45, 2.75) is 57.3 Å². The first-order valence-electron chi connectivity index (χ1n) is 9.07. The summed E-state index contributed by atoms with van der Waals surface area (Å²) in [6, 6.07) is 0. The Morgan fingerprint density at radius 3 is 3.00 bits per heavy atom. The van der Waals surface area contributed by atoms with Gasteiger partial charge in [-0.15, -0.1) is 5.10 Å². The molecule has 2 aliphatic heterocycles. The van der Waals surface area contributed by atoms with Crippen molar-refractivity contribution in [2.75, 3.05) is 0 Å². The van der Waals surface area contributed by atoms with E-state index in [4.69, 9.17) is 4.74 Å². The summed E-state index contributed by atoms with van der Waals surface area (Å²) < 4.78 is 7.95. The molecule has 0 aromatic carbocycles. The van der Waals surface area contributed by atoms with E-state index in [0.717, 1.165) is 36.9 Å². The Bertz CT molecular complexity index is 699. The highest BCUT2D eigenvalue weighted by atomic mass is 16.5. The average molecular weight is 329 g/mol. The van der Waals surface area contributed by atoms with Gasteiger partial charge in [0.25, 0.3) is 0 Å². The van der Waals surface area contributed by atoms with Gasteiger partial charge in [-0.2, -0.15) is 0 Å². The first kappa shape index (κ1) is 14.6. The molecule has 6 atom stereocenters. The van der Waals surface area contributed by atoms with Gasteiger partial charge in [0.15, 0.2) is 0 Å². The van der Waals surface area contributed by atoms with Crippen molar-refractivity contribution in [3.8, 4) is 0 Å². The molecule has 1 N–H and O–H groups in total. The molecule has 5 rings (SSSR count). The quantitative estimate of drug-likeness (QED) is 0.837. The van der Waals surface area contributed by atoms with Crippen molar-refractivity contribution in [2.24, 2.45) is 23.2 Å². The van der Waals surface area contributed by atoms with Crippen LogP contribution in [0.25, 0.3) is 0 Å². The van der Waals surface area contributed by atoms with Crippen molar-refractivity contribution in [3.63, 3.8) is 0 Å². The van der Waals surface area contributed by atoms with E-state index in [1.54, 1.807) is 0 Å². The lowest BCUT2D eigenvalue weighted by Gasteiger charge is -2.29. The minimum Gasteiger partial charge on any atom is -0.481 e. The number of rotatable bonds is 5. The van der Waals surface area contributed by atoms with Gasteiger partial charge in [-0.3, -0.25) is 9.48 Å². The van der Waals surface area contributed by atoms with Gasteiger partial charge < -0.3 is 9.84 Å². The molecule has 1 aromatic heterocycles. The fourth-order valence-electron chi connectivity index (χ4n) is 5.16. The van der Waals surface area contributed by atoms with E-state index in [1.807, 2.05) is 17.0 Å². The molecule has 24 heavy (non-hydrogen) atoms. The van der Waals surface area contributed by atoms with Crippen LogP contribution in [0, 0.1) is 23.2 Å². The van der Waals surface area contributed by atoms with Crippen molar-refractivity contribution in [3.05, 3.63) is 24.0 Å². The number of hydrogen-bond acceptors (Lipinski definition) is 4. The van der Waals surface area contributed by atoms with E-state index in [2.05, 4.69) is 16.4 Å². The van der Waals surface area contributed by atoms with Crippen LogP contribution in [0.5, 0.6) is 0 Å².